The second-order valence-electron chi connectivity index (χ2n) is 5.58. The van der Waals surface area contributed by atoms with Crippen LogP contribution in [0.15, 0.2) is 48.5 Å². The summed E-state index contributed by atoms with van der Waals surface area (Å²) in [6.07, 6.45) is 0.359. The lowest BCUT2D eigenvalue weighted by Crippen LogP contribution is -2.33. The molecule has 0 aliphatic carbocycles. The van der Waals surface area contributed by atoms with Crippen molar-refractivity contribution in [1.82, 2.24) is 5.32 Å². The van der Waals surface area contributed by atoms with Gasteiger partial charge in [0.25, 0.3) is 5.91 Å². The Morgan fingerprint density at radius 3 is 2.08 bits per heavy atom. The summed E-state index contributed by atoms with van der Waals surface area (Å²) >= 11 is 5.04. The average molecular weight is 371 g/mol. The molecule has 2 aromatic rings. The number of thiocarbonyl (C=S) groups is 1. The van der Waals surface area contributed by atoms with E-state index < -0.39 is 0 Å². The van der Waals surface area contributed by atoms with Crippen LogP contribution in [0.5, 0.6) is 5.75 Å². The topological polar surface area (TPSA) is 79.5 Å². The number of aryl methyl sites for hydroxylation is 1. The van der Waals surface area contributed by atoms with Crippen molar-refractivity contribution < 1.29 is 14.3 Å². The quantitative estimate of drug-likeness (QED) is 0.680. The zero-order chi connectivity index (χ0) is 18.9. The van der Waals surface area contributed by atoms with E-state index in [-0.39, 0.29) is 23.5 Å². The number of anilines is 2. The van der Waals surface area contributed by atoms with E-state index in [1.807, 2.05) is 31.2 Å². The fourth-order valence-corrected chi connectivity index (χ4v) is 2.23. The molecule has 0 saturated heterocycles. The molecule has 0 aromatic heterocycles. The molecule has 2 amide bonds. The highest BCUT2D eigenvalue weighted by Crippen LogP contribution is 2.14. The highest BCUT2D eigenvalue weighted by atomic mass is 32.1. The van der Waals surface area contributed by atoms with Crippen molar-refractivity contribution in [3.63, 3.8) is 0 Å². The molecular weight excluding hydrogens is 350 g/mol. The van der Waals surface area contributed by atoms with Gasteiger partial charge in [-0.3, -0.25) is 9.59 Å². The summed E-state index contributed by atoms with van der Waals surface area (Å²) in [5.41, 5.74) is 2.47. The van der Waals surface area contributed by atoms with Crippen LogP contribution in [-0.4, -0.2) is 23.5 Å². The summed E-state index contributed by atoms with van der Waals surface area (Å²) in [5.74, 6) is 0.241. The molecule has 0 bridgehead atoms. The summed E-state index contributed by atoms with van der Waals surface area (Å²) in [7, 11) is 0. The van der Waals surface area contributed by atoms with E-state index in [4.69, 9.17) is 17.0 Å². The van der Waals surface area contributed by atoms with Crippen LogP contribution in [0.4, 0.5) is 11.4 Å². The van der Waals surface area contributed by atoms with Gasteiger partial charge in [0.2, 0.25) is 5.91 Å². The van der Waals surface area contributed by atoms with Crippen LogP contribution in [-0.2, 0) is 9.59 Å². The van der Waals surface area contributed by atoms with Crippen molar-refractivity contribution in [1.29, 1.82) is 0 Å². The third-order valence-corrected chi connectivity index (χ3v) is 3.60. The second-order valence-corrected chi connectivity index (χ2v) is 5.99. The molecule has 0 radical (unpaired) electrons. The van der Waals surface area contributed by atoms with Crippen LogP contribution >= 0.6 is 12.2 Å². The molecule has 0 fully saturated rings. The van der Waals surface area contributed by atoms with Gasteiger partial charge in [-0.25, -0.2) is 0 Å². The minimum Gasteiger partial charge on any atom is -0.484 e. The predicted octanol–water partition coefficient (Wildman–Crippen LogP) is 3.24. The number of hydrogen-bond donors (Lipinski definition) is 3. The SMILES string of the molecule is CCC(=O)NC(=S)Nc1ccc(NC(=O)COc2ccc(C)cc2)cc1. The molecule has 0 aliphatic heterocycles. The first-order valence-corrected chi connectivity index (χ1v) is 8.57. The van der Waals surface area contributed by atoms with Crippen molar-refractivity contribution >= 4 is 40.5 Å². The third kappa shape index (κ3) is 6.52. The first-order valence-electron chi connectivity index (χ1n) is 8.16. The second kappa shape index (κ2) is 9.53. The fourth-order valence-electron chi connectivity index (χ4n) is 1.99. The lowest BCUT2D eigenvalue weighted by atomic mass is 10.2. The maximum Gasteiger partial charge on any atom is 0.262 e. The number of nitrogens with one attached hydrogen (secondary N) is 3. The van der Waals surface area contributed by atoms with Crippen molar-refractivity contribution in [2.75, 3.05) is 17.2 Å². The number of amides is 2. The van der Waals surface area contributed by atoms with Crippen LogP contribution in [0.3, 0.4) is 0 Å². The Balaban J connectivity index is 1.80. The van der Waals surface area contributed by atoms with Crippen LogP contribution in [0.2, 0.25) is 0 Å². The molecule has 0 aliphatic rings. The number of carbonyl (C=O) groups is 2. The first-order chi connectivity index (χ1) is 12.5. The summed E-state index contributed by atoms with van der Waals surface area (Å²) in [6, 6.07) is 14.5. The Hall–Kier alpha value is -2.93. The third-order valence-electron chi connectivity index (χ3n) is 3.39. The van der Waals surface area contributed by atoms with Gasteiger partial charge in [0.1, 0.15) is 5.75 Å². The Morgan fingerprint density at radius 2 is 1.50 bits per heavy atom. The average Bonchev–Trinajstić information content (AvgIpc) is 2.62. The lowest BCUT2D eigenvalue weighted by molar-refractivity contribution is -0.119. The Morgan fingerprint density at radius 1 is 0.923 bits per heavy atom. The van der Waals surface area contributed by atoms with Crippen molar-refractivity contribution in [2.24, 2.45) is 0 Å². The van der Waals surface area contributed by atoms with Crippen LogP contribution in [0.1, 0.15) is 18.9 Å². The number of benzene rings is 2. The van der Waals surface area contributed by atoms with E-state index in [1.165, 1.54) is 0 Å². The van der Waals surface area contributed by atoms with Gasteiger partial charge in [0.15, 0.2) is 11.7 Å². The van der Waals surface area contributed by atoms with Crippen molar-refractivity contribution in [2.45, 2.75) is 20.3 Å². The van der Waals surface area contributed by atoms with Gasteiger partial charge >= 0.3 is 0 Å². The lowest BCUT2D eigenvalue weighted by Gasteiger charge is -2.10. The molecule has 0 atom stereocenters. The van der Waals surface area contributed by atoms with E-state index in [1.54, 1.807) is 31.2 Å². The minimum absolute atomic E-state index is 0.0732. The molecule has 6 nitrogen and oxygen atoms in total. The fraction of sp³-hybridized carbons (Fsp3) is 0.211. The molecule has 2 aromatic carbocycles. The van der Waals surface area contributed by atoms with E-state index in [2.05, 4.69) is 16.0 Å². The zero-order valence-electron chi connectivity index (χ0n) is 14.7. The predicted molar refractivity (Wildman–Crippen MR) is 106 cm³/mol. The summed E-state index contributed by atoms with van der Waals surface area (Å²) in [5, 5.41) is 8.44. The standard InChI is InChI=1S/C19H21N3O3S/c1-3-17(23)22-19(26)21-15-8-6-14(7-9-15)20-18(24)12-25-16-10-4-13(2)5-11-16/h4-11H,3,12H2,1-2H3,(H,20,24)(H2,21,22,23,26). The molecule has 2 rings (SSSR count). The maximum absolute atomic E-state index is 11.9. The highest BCUT2D eigenvalue weighted by Gasteiger charge is 2.05. The van der Waals surface area contributed by atoms with Gasteiger partial charge in [-0.15, -0.1) is 0 Å². The molecule has 0 spiro atoms. The highest BCUT2D eigenvalue weighted by molar-refractivity contribution is 7.80. The number of rotatable bonds is 6. The maximum atomic E-state index is 11.9. The van der Waals surface area contributed by atoms with Crippen molar-refractivity contribution in [3.8, 4) is 5.75 Å². The summed E-state index contributed by atoms with van der Waals surface area (Å²) in [4.78, 5) is 23.2. The molecule has 136 valence electrons. The number of ether oxygens (including phenoxy) is 1. The van der Waals surface area contributed by atoms with Crippen LogP contribution in [0, 0.1) is 6.92 Å². The van der Waals surface area contributed by atoms with E-state index in [0.29, 0.717) is 23.5 Å². The molecule has 3 N–H and O–H groups in total. The van der Waals surface area contributed by atoms with Gasteiger partial charge in [-0.05, 0) is 55.5 Å². The molecular formula is C19H21N3O3S. The van der Waals surface area contributed by atoms with E-state index >= 15 is 0 Å². The number of hydrogen-bond acceptors (Lipinski definition) is 4. The van der Waals surface area contributed by atoms with Crippen molar-refractivity contribution in [3.05, 3.63) is 54.1 Å². The van der Waals surface area contributed by atoms with Gasteiger partial charge in [0, 0.05) is 17.8 Å². The summed E-state index contributed by atoms with van der Waals surface area (Å²) < 4.78 is 5.44. The molecule has 0 unspecified atom stereocenters. The van der Waals surface area contributed by atoms with Gasteiger partial charge in [0.05, 0.1) is 0 Å². The van der Waals surface area contributed by atoms with E-state index in [0.717, 1.165) is 5.56 Å². The number of carbonyl (C=O) groups excluding carboxylic acids is 2. The monoisotopic (exact) mass is 371 g/mol. The Labute approximate surface area is 157 Å². The molecule has 0 saturated carbocycles. The van der Waals surface area contributed by atoms with Gasteiger partial charge in [-0.1, -0.05) is 24.6 Å². The molecule has 0 heterocycles. The van der Waals surface area contributed by atoms with E-state index in [9.17, 15) is 9.59 Å². The molecule has 26 heavy (non-hydrogen) atoms. The first kappa shape index (κ1) is 19.4. The van der Waals surface area contributed by atoms with Gasteiger partial charge in [-0.2, -0.15) is 0 Å². The Kier molecular flexibility index (Phi) is 7.11. The smallest absolute Gasteiger partial charge is 0.262 e. The summed E-state index contributed by atoms with van der Waals surface area (Å²) in [6.45, 7) is 3.66. The Bertz CT molecular complexity index is 774. The van der Waals surface area contributed by atoms with Crippen LogP contribution < -0.4 is 20.7 Å². The zero-order valence-corrected chi connectivity index (χ0v) is 15.5. The minimum atomic E-state index is -0.253. The normalized spacial score (nSPS) is 9.92. The van der Waals surface area contributed by atoms with Crippen LogP contribution in [0.25, 0.3) is 0 Å². The largest absolute Gasteiger partial charge is 0.484 e. The van der Waals surface area contributed by atoms with Gasteiger partial charge < -0.3 is 20.7 Å². The molecule has 7 heteroatoms.